The lowest BCUT2D eigenvalue weighted by Crippen LogP contribution is -2.50. The van der Waals surface area contributed by atoms with Crippen LogP contribution in [0.15, 0.2) is 66.7 Å². The van der Waals surface area contributed by atoms with Crippen molar-refractivity contribution in [3.05, 3.63) is 94.8 Å². The van der Waals surface area contributed by atoms with E-state index in [0.717, 1.165) is 11.1 Å². The summed E-state index contributed by atoms with van der Waals surface area (Å²) in [4.78, 5) is 29.6. The molecule has 3 aromatic carbocycles. The number of rotatable bonds is 4. The number of carbonyl (C=O) groups excluding carboxylic acids is 2. The summed E-state index contributed by atoms with van der Waals surface area (Å²) in [6.07, 6.45) is 0. The molecule has 0 aliphatic carbocycles. The molecule has 2 aliphatic heterocycles. The van der Waals surface area contributed by atoms with E-state index in [1.165, 1.54) is 23.9 Å². The van der Waals surface area contributed by atoms with Crippen molar-refractivity contribution in [1.82, 2.24) is 4.90 Å². The highest BCUT2D eigenvalue weighted by Crippen LogP contribution is 2.55. The first kappa shape index (κ1) is 21.5. The molecule has 2 heterocycles. The first-order valence-corrected chi connectivity index (χ1v) is 11.7. The van der Waals surface area contributed by atoms with E-state index in [0.29, 0.717) is 41.4 Å². The molecule has 5 nitrogen and oxygen atoms in total. The molecule has 0 saturated carbocycles. The Hall–Kier alpha value is -3.32. The molecule has 0 bridgehead atoms. The molecule has 33 heavy (non-hydrogen) atoms. The molecule has 1 atom stereocenters. The Morgan fingerprint density at radius 3 is 2.64 bits per heavy atom. The molecule has 1 spiro atoms. The normalized spacial score (nSPS) is 19.3. The minimum Gasteiger partial charge on any atom is -0.497 e. The molecule has 168 valence electrons. The van der Waals surface area contributed by atoms with Crippen molar-refractivity contribution in [1.29, 1.82) is 0 Å². The standard InChI is InChI=1S/C26H23FN2O3S/c1-17-4-3-5-18(14-17)16-28-23-11-8-20(27)15-22(23)26(25(28)31)29(12-13-33-26)24(30)19-6-9-21(32-2)10-7-19/h3-11,14-15H,12-13,16H2,1-2H3/t26-/m0/s1. The fourth-order valence-corrected chi connectivity index (χ4v) is 6.08. The van der Waals surface area contributed by atoms with E-state index in [2.05, 4.69) is 0 Å². The van der Waals surface area contributed by atoms with E-state index in [4.69, 9.17) is 4.74 Å². The van der Waals surface area contributed by atoms with Gasteiger partial charge in [-0.05, 0) is 55.0 Å². The lowest BCUT2D eigenvalue weighted by Gasteiger charge is -2.33. The number of hydrogen-bond acceptors (Lipinski definition) is 4. The van der Waals surface area contributed by atoms with Crippen LogP contribution in [-0.4, -0.2) is 36.1 Å². The molecular weight excluding hydrogens is 439 g/mol. The van der Waals surface area contributed by atoms with Crippen molar-refractivity contribution in [2.24, 2.45) is 0 Å². The average Bonchev–Trinajstić information content (AvgIpc) is 3.36. The van der Waals surface area contributed by atoms with Crippen LogP contribution in [0.2, 0.25) is 0 Å². The summed E-state index contributed by atoms with van der Waals surface area (Å²) < 4.78 is 19.6. The van der Waals surface area contributed by atoms with Gasteiger partial charge in [-0.3, -0.25) is 9.59 Å². The van der Waals surface area contributed by atoms with E-state index in [-0.39, 0.29) is 11.8 Å². The van der Waals surface area contributed by atoms with Gasteiger partial charge in [-0.1, -0.05) is 29.8 Å². The van der Waals surface area contributed by atoms with Crippen molar-refractivity contribution in [2.75, 3.05) is 24.3 Å². The lowest BCUT2D eigenvalue weighted by molar-refractivity contribution is -0.123. The number of halogens is 1. The maximum atomic E-state index is 14.4. The van der Waals surface area contributed by atoms with Crippen molar-refractivity contribution >= 4 is 29.3 Å². The second kappa shape index (κ2) is 8.23. The molecular formula is C26H23FN2O3S. The molecule has 0 aromatic heterocycles. The van der Waals surface area contributed by atoms with Crippen LogP contribution >= 0.6 is 11.8 Å². The van der Waals surface area contributed by atoms with Crippen molar-refractivity contribution in [2.45, 2.75) is 18.3 Å². The first-order valence-electron chi connectivity index (χ1n) is 10.7. The molecule has 0 N–H and O–H groups in total. The number of anilines is 1. The monoisotopic (exact) mass is 462 g/mol. The number of nitrogens with zero attached hydrogens (tertiary/aromatic N) is 2. The van der Waals surface area contributed by atoms with Crippen LogP contribution in [0.4, 0.5) is 10.1 Å². The Labute approximate surface area is 196 Å². The zero-order chi connectivity index (χ0) is 23.2. The molecule has 1 saturated heterocycles. The van der Waals surface area contributed by atoms with Crippen LogP contribution in [-0.2, 0) is 16.2 Å². The molecule has 3 aromatic rings. The van der Waals surface area contributed by atoms with Gasteiger partial charge in [0.05, 0.1) is 19.3 Å². The third-order valence-electron chi connectivity index (χ3n) is 6.16. The number of thioether (sulfide) groups is 1. The van der Waals surface area contributed by atoms with Crippen molar-refractivity contribution in [3.63, 3.8) is 0 Å². The molecule has 0 unspecified atom stereocenters. The maximum absolute atomic E-state index is 14.4. The van der Waals surface area contributed by atoms with Crippen LogP contribution in [0.25, 0.3) is 0 Å². The fourth-order valence-electron chi connectivity index (χ4n) is 4.63. The minimum absolute atomic E-state index is 0.214. The van der Waals surface area contributed by atoms with E-state index in [1.54, 1.807) is 47.2 Å². The Balaban J connectivity index is 1.57. The van der Waals surface area contributed by atoms with Crippen LogP contribution in [0.3, 0.4) is 0 Å². The van der Waals surface area contributed by atoms with Gasteiger partial charge in [-0.2, -0.15) is 0 Å². The Kier molecular flexibility index (Phi) is 5.37. The molecule has 2 amide bonds. The zero-order valence-corrected chi connectivity index (χ0v) is 19.2. The molecule has 1 fully saturated rings. The Morgan fingerprint density at radius 1 is 1.12 bits per heavy atom. The summed E-state index contributed by atoms with van der Waals surface area (Å²) in [6.45, 7) is 2.75. The maximum Gasteiger partial charge on any atom is 0.268 e. The number of fused-ring (bicyclic) bond motifs is 2. The van der Waals surface area contributed by atoms with Crippen LogP contribution in [0, 0.1) is 12.7 Å². The third-order valence-corrected chi connectivity index (χ3v) is 7.58. The highest BCUT2D eigenvalue weighted by molar-refractivity contribution is 8.01. The van der Waals surface area contributed by atoms with E-state index >= 15 is 0 Å². The summed E-state index contributed by atoms with van der Waals surface area (Å²) in [6, 6.07) is 19.2. The number of amides is 2. The molecule has 7 heteroatoms. The van der Waals surface area contributed by atoms with Crippen molar-refractivity contribution < 1.29 is 18.7 Å². The lowest BCUT2D eigenvalue weighted by atomic mass is 10.0. The topological polar surface area (TPSA) is 49.9 Å². The number of benzene rings is 3. The van der Waals surface area contributed by atoms with Gasteiger partial charge < -0.3 is 14.5 Å². The van der Waals surface area contributed by atoms with E-state index in [1.807, 2.05) is 31.2 Å². The average molecular weight is 463 g/mol. The van der Waals surface area contributed by atoms with Gasteiger partial charge in [0.1, 0.15) is 11.6 Å². The van der Waals surface area contributed by atoms with Crippen LogP contribution in [0.1, 0.15) is 27.0 Å². The smallest absolute Gasteiger partial charge is 0.268 e. The number of aryl methyl sites for hydroxylation is 1. The van der Waals surface area contributed by atoms with Gasteiger partial charge in [0.15, 0.2) is 4.87 Å². The van der Waals surface area contributed by atoms with E-state index in [9.17, 15) is 14.0 Å². The number of hydrogen-bond donors (Lipinski definition) is 0. The third kappa shape index (κ3) is 3.47. The summed E-state index contributed by atoms with van der Waals surface area (Å²) in [7, 11) is 1.56. The molecule has 0 radical (unpaired) electrons. The SMILES string of the molecule is COc1ccc(C(=O)N2CCS[C@@]23C(=O)N(Cc2cccc(C)c2)c2ccc(F)cc23)cc1. The van der Waals surface area contributed by atoms with Gasteiger partial charge >= 0.3 is 0 Å². The zero-order valence-electron chi connectivity index (χ0n) is 18.4. The molecule has 5 rings (SSSR count). The van der Waals surface area contributed by atoms with Gasteiger partial charge in [-0.15, -0.1) is 11.8 Å². The number of carbonyl (C=O) groups is 2. The predicted octanol–water partition coefficient (Wildman–Crippen LogP) is 4.73. The highest BCUT2D eigenvalue weighted by atomic mass is 32.2. The fraction of sp³-hybridized carbons (Fsp3) is 0.231. The van der Waals surface area contributed by atoms with Gasteiger partial charge in [-0.25, -0.2) is 4.39 Å². The van der Waals surface area contributed by atoms with Crippen LogP contribution in [0.5, 0.6) is 5.75 Å². The number of methoxy groups -OCH3 is 1. The Bertz CT molecular complexity index is 1250. The summed E-state index contributed by atoms with van der Waals surface area (Å²) in [5.41, 5.74) is 3.71. The summed E-state index contributed by atoms with van der Waals surface area (Å²) >= 11 is 1.39. The highest BCUT2D eigenvalue weighted by Gasteiger charge is 2.59. The summed E-state index contributed by atoms with van der Waals surface area (Å²) in [5, 5.41) is 0. The van der Waals surface area contributed by atoms with Gasteiger partial charge in [0.2, 0.25) is 0 Å². The molecule has 2 aliphatic rings. The second-order valence-corrected chi connectivity index (χ2v) is 9.51. The Morgan fingerprint density at radius 2 is 1.91 bits per heavy atom. The quantitative estimate of drug-likeness (QED) is 0.563. The van der Waals surface area contributed by atoms with Crippen molar-refractivity contribution in [3.8, 4) is 5.75 Å². The first-order chi connectivity index (χ1) is 15.9. The summed E-state index contributed by atoms with van der Waals surface area (Å²) in [5.74, 6) is 0.327. The van der Waals surface area contributed by atoms with Gasteiger partial charge in [0, 0.05) is 23.4 Å². The number of ether oxygens (including phenoxy) is 1. The predicted molar refractivity (Wildman–Crippen MR) is 127 cm³/mol. The minimum atomic E-state index is -1.28. The largest absolute Gasteiger partial charge is 0.497 e. The van der Waals surface area contributed by atoms with E-state index < -0.39 is 10.7 Å². The van der Waals surface area contributed by atoms with Crippen LogP contribution < -0.4 is 9.64 Å². The van der Waals surface area contributed by atoms with Gasteiger partial charge in [0.25, 0.3) is 11.8 Å². The second-order valence-electron chi connectivity index (χ2n) is 8.22.